The molecule has 0 bridgehead atoms. The van der Waals surface area contributed by atoms with Crippen LogP contribution in [0.15, 0.2) is 64.8 Å². The molecule has 1 aliphatic rings. The summed E-state index contributed by atoms with van der Waals surface area (Å²) >= 11 is 1.42. The third-order valence-electron chi connectivity index (χ3n) is 4.80. The van der Waals surface area contributed by atoms with Gasteiger partial charge in [0.15, 0.2) is 10.8 Å². The smallest absolute Gasteiger partial charge is 0.265 e. The van der Waals surface area contributed by atoms with Gasteiger partial charge in [0.25, 0.3) is 5.56 Å². The van der Waals surface area contributed by atoms with Crippen molar-refractivity contribution in [2.45, 2.75) is 17.6 Å². The molecular formula is C20H15FN6O2S. The molecule has 5 rings (SSSR count). The van der Waals surface area contributed by atoms with Crippen molar-refractivity contribution in [2.24, 2.45) is 0 Å². The first-order chi connectivity index (χ1) is 14.6. The van der Waals surface area contributed by atoms with E-state index < -0.39 is 0 Å². The lowest BCUT2D eigenvalue weighted by atomic mass is 10.2. The minimum Gasteiger partial charge on any atom is -0.311 e. The van der Waals surface area contributed by atoms with Gasteiger partial charge in [-0.3, -0.25) is 14.2 Å². The molecule has 1 amide bonds. The van der Waals surface area contributed by atoms with Crippen LogP contribution in [-0.4, -0.2) is 36.0 Å². The lowest BCUT2D eigenvalue weighted by molar-refractivity contribution is -0.116. The fourth-order valence-corrected chi connectivity index (χ4v) is 4.53. The molecular weight excluding hydrogens is 407 g/mol. The monoisotopic (exact) mass is 422 g/mol. The maximum absolute atomic E-state index is 13.2. The Morgan fingerprint density at radius 1 is 1.23 bits per heavy atom. The second-order valence-electron chi connectivity index (χ2n) is 6.77. The van der Waals surface area contributed by atoms with E-state index >= 15 is 0 Å². The number of rotatable bonds is 4. The number of fused-ring (bicyclic) bond motifs is 2. The standard InChI is InChI=1S/C20H15FN6O2S/c21-12-4-6-13(7-5-12)27-18-15(10-23-27)19(29)26-14(11-30-20(26)25-18)9-17(28)24-16-3-1-2-8-22-16/h1-8,10,14H,9,11H2,(H,22,24,28). The lowest BCUT2D eigenvalue weighted by Crippen LogP contribution is -2.27. The molecule has 0 spiro atoms. The summed E-state index contributed by atoms with van der Waals surface area (Å²) in [6.45, 7) is 0. The molecule has 8 nitrogen and oxygen atoms in total. The van der Waals surface area contributed by atoms with Crippen LogP contribution in [0.4, 0.5) is 10.2 Å². The van der Waals surface area contributed by atoms with Crippen LogP contribution >= 0.6 is 11.8 Å². The predicted octanol–water partition coefficient (Wildman–Crippen LogP) is 2.79. The molecule has 150 valence electrons. The summed E-state index contributed by atoms with van der Waals surface area (Å²) < 4.78 is 16.3. The van der Waals surface area contributed by atoms with Crippen LogP contribution in [0.2, 0.25) is 0 Å². The number of carbonyl (C=O) groups excluding carboxylic acids is 1. The van der Waals surface area contributed by atoms with Crippen LogP contribution in [-0.2, 0) is 4.79 Å². The molecule has 0 aliphatic carbocycles. The number of halogens is 1. The number of carbonyl (C=O) groups is 1. The van der Waals surface area contributed by atoms with E-state index in [1.165, 1.54) is 34.8 Å². The van der Waals surface area contributed by atoms with Crippen LogP contribution in [0, 0.1) is 5.82 Å². The molecule has 0 saturated carbocycles. The zero-order valence-electron chi connectivity index (χ0n) is 15.5. The summed E-state index contributed by atoms with van der Waals surface area (Å²) in [6.07, 6.45) is 3.19. The van der Waals surface area contributed by atoms with Crippen LogP contribution in [0.3, 0.4) is 0 Å². The molecule has 4 heterocycles. The SMILES string of the molecule is O=C(CC1CSc2nc3c(cnn3-c3ccc(F)cc3)c(=O)n21)Nc1ccccn1. The average Bonchev–Trinajstić information content (AvgIpc) is 3.34. The second kappa shape index (κ2) is 7.38. The largest absolute Gasteiger partial charge is 0.311 e. The van der Waals surface area contributed by atoms with Crippen LogP contribution < -0.4 is 10.9 Å². The van der Waals surface area contributed by atoms with Crippen molar-refractivity contribution in [3.63, 3.8) is 0 Å². The van der Waals surface area contributed by atoms with Crippen molar-refractivity contribution in [1.82, 2.24) is 24.3 Å². The highest BCUT2D eigenvalue weighted by molar-refractivity contribution is 7.99. The highest BCUT2D eigenvalue weighted by Crippen LogP contribution is 2.33. The molecule has 1 aromatic carbocycles. The first-order valence-corrected chi connectivity index (χ1v) is 10.2. The summed E-state index contributed by atoms with van der Waals surface area (Å²) in [5.74, 6) is 0.455. The molecule has 0 radical (unpaired) electrons. The fourth-order valence-electron chi connectivity index (χ4n) is 3.40. The first-order valence-electron chi connectivity index (χ1n) is 9.20. The third-order valence-corrected chi connectivity index (χ3v) is 5.89. The summed E-state index contributed by atoms with van der Waals surface area (Å²) in [6, 6.07) is 10.7. The van der Waals surface area contributed by atoms with E-state index in [1.54, 1.807) is 41.1 Å². The first kappa shape index (κ1) is 18.5. The van der Waals surface area contributed by atoms with Gasteiger partial charge in [0.05, 0.1) is 17.9 Å². The van der Waals surface area contributed by atoms with Gasteiger partial charge in [-0.25, -0.2) is 19.0 Å². The van der Waals surface area contributed by atoms with Crippen LogP contribution in [0.1, 0.15) is 12.5 Å². The molecule has 1 unspecified atom stereocenters. The van der Waals surface area contributed by atoms with Crippen molar-refractivity contribution in [2.75, 3.05) is 11.1 Å². The average molecular weight is 422 g/mol. The van der Waals surface area contributed by atoms with E-state index in [9.17, 15) is 14.0 Å². The molecule has 1 atom stereocenters. The maximum Gasteiger partial charge on any atom is 0.265 e. The molecule has 3 aromatic heterocycles. The van der Waals surface area contributed by atoms with E-state index in [1.807, 2.05) is 0 Å². The number of thioether (sulfide) groups is 1. The third kappa shape index (κ3) is 3.24. The van der Waals surface area contributed by atoms with Crippen molar-refractivity contribution < 1.29 is 9.18 Å². The molecule has 0 saturated heterocycles. The molecule has 1 aliphatic heterocycles. The van der Waals surface area contributed by atoms with E-state index in [-0.39, 0.29) is 29.7 Å². The Balaban J connectivity index is 1.46. The topological polar surface area (TPSA) is 94.7 Å². The Morgan fingerprint density at radius 3 is 2.83 bits per heavy atom. The van der Waals surface area contributed by atoms with E-state index in [0.29, 0.717) is 33.4 Å². The van der Waals surface area contributed by atoms with Gasteiger partial charge in [0.1, 0.15) is 17.0 Å². The Bertz CT molecular complexity index is 1300. The Hall–Kier alpha value is -3.53. The quantitative estimate of drug-likeness (QED) is 0.508. The number of hydrogen-bond acceptors (Lipinski definition) is 6. The Morgan fingerprint density at radius 2 is 2.07 bits per heavy atom. The van der Waals surface area contributed by atoms with Crippen molar-refractivity contribution >= 4 is 34.5 Å². The van der Waals surface area contributed by atoms with E-state index in [0.717, 1.165) is 0 Å². The Labute approximate surface area is 173 Å². The van der Waals surface area contributed by atoms with E-state index in [4.69, 9.17) is 0 Å². The van der Waals surface area contributed by atoms with Gasteiger partial charge in [-0.1, -0.05) is 17.8 Å². The number of aromatic nitrogens is 5. The van der Waals surface area contributed by atoms with Crippen LogP contribution in [0.5, 0.6) is 0 Å². The molecule has 4 aromatic rings. The van der Waals surface area contributed by atoms with Gasteiger partial charge in [-0.05, 0) is 36.4 Å². The summed E-state index contributed by atoms with van der Waals surface area (Å²) in [7, 11) is 0. The van der Waals surface area contributed by atoms with Gasteiger partial charge in [0, 0.05) is 18.4 Å². The number of nitrogens with one attached hydrogen (secondary N) is 1. The molecule has 10 heteroatoms. The minimum absolute atomic E-state index is 0.135. The van der Waals surface area contributed by atoms with Crippen molar-refractivity contribution in [3.8, 4) is 5.69 Å². The van der Waals surface area contributed by atoms with Gasteiger partial charge in [-0.2, -0.15) is 5.10 Å². The van der Waals surface area contributed by atoms with E-state index in [2.05, 4.69) is 20.4 Å². The lowest BCUT2D eigenvalue weighted by Gasteiger charge is -2.13. The number of hydrogen-bond donors (Lipinski definition) is 1. The number of pyridine rings is 1. The molecule has 1 N–H and O–H groups in total. The number of anilines is 1. The summed E-state index contributed by atoms with van der Waals surface area (Å²) in [5.41, 5.74) is 0.769. The number of benzene rings is 1. The molecule has 30 heavy (non-hydrogen) atoms. The molecule has 0 fully saturated rings. The van der Waals surface area contributed by atoms with Crippen molar-refractivity contribution in [1.29, 1.82) is 0 Å². The van der Waals surface area contributed by atoms with Gasteiger partial charge in [-0.15, -0.1) is 0 Å². The van der Waals surface area contributed by atoms with Gasteiger partial charge < -0.3 is 5.32 Å². The zero-order chi connectivity index (χ0) is 20.7. The second-order valence-corrected chi connectivity index (χ2v) is 7.76. The number of amides is 1. The minimum atomic E-state index is -0.355. The summed E-state index contributed by atoms with van der Waals surface area (Å²) in [4.78, 5) is 34.2. The van der Waals surface area contributed by atoms with Gasteiger partial charge in [0.2, 0.25) is 5.91 Å². The summed E-state index contributed by atoms with van der Waals surface area (Å²) in [5, 5.41) is 7.89. The predicted molar refractivity (Wildman–Crippen MR) is 110 cm³/mol. The number of nitrogens with zero attached hydrogens (tertiary/aromatic N) is 5. The maximum atomic E-state index is 13.2. The highest BCUT2D eigenvalue weighted by atomic mass is 32.2. The zero-order valence-corrected chi connectivity index (χ0v) is 16.3. The normalized spacial score (nSPS) is 15.3. The highest BCUT2D eigenvalue weighted by Gasteiger charge is 2.29. The Kier molecular flexibility index (Phi) is 4.55. The van der Waals surface area contributed by atoms with Crippen molar-refractivity contribution in [3.05, 3.63) is 71.0 Å². The van der Waals surface area contributed by atoms with Gasteiger partial charge >= 0.3 is 0 Å². The fraction of sp³-hybridized carbons (Fsp3) is 0.150. The van der Waals surface area contributed by atoms with Crippen LogP contribution in [0.25, 0.3) is 16.7 Å².